The second-order valence-electron chi connectivity index (χ2n) is 2.63. The Balaban J connectivity index is 3.29. The van der Waals surface area contributed by atoms with Gasteiger partial charge in [-0.05, 0) is 0 Å². The molecule has 88 valence electrons. The number of carbonyl (C=O) groups is 1. The van der Waals surface area contributed by atoms with Crippen LogP contribution in [0.25, 0.3) is 0 Å². The fourth-order valence-electron chi connectivity index (χ4n) is 0.987. The van der Waals surface area contributed by atoms with Gasteiger partial charge in [0.25, 0.3) is 0 Å². The van der Waals surface area contributed by atoms with Gasteiger partial charge in [-0.3, -0.25) is 9.78 Å². The molecule has 0 bridgehead atoms. The monoisotopic (exact) mass is 255 g/mol. The molecule has 0 fully saturated rings. The summed E-state index contributed by atoms with van der Waals surface area (Å²) in [6, 6.07) is 0. The van der Waals surface area contributed by atoms with Crippen LogP contribution in [-0.4, -0.2) is 22.7 Å². The zero-order chi connectivity index (χ0) is 12.3. The van der Waals surface area contributed by atoms with Gasteiger partial charge in [-0.25, -0.2) is 0 Å². The molecule has 8 heteroatoms. The van der Waals surface area contributed by atoms with Crippen LogP contribution in [0.4, 0.5) is 13.2 Å². The largest absolute Gasteiger partial charge is 0.573 e. The van der Waals surface area contributed by atoms with Crippen molar-refractivity contribution in [3.05, 3.63) is 17.5 Å². The Kier molecular flexibility index (Phi) is 3.58. The minimum atomic E-state index is -5.01. The van der Waals surface area contributed by atoms with E-state index >= 15 is 0 Å². The number of ether oxygens (including phenoxy) is 1. The molecule has 0 aromatic carbocycles. The van der Waals surface area contributed by atoms with Gasteiger partial charge in [0.05, 0.1) is 23.3 Å². The van der Waals surface area contributed by atoms with E-state index in [0.717, 1.165) is 6.20 Å². The number of aldehydes is 1. The van der Waals surface area contributed by atoms with Gasteiger partial charge in [-0.2, -0.15) is 0 Å². The highest BCUT2D eigenvalue weighted by atomic mass is 35.5. The summed E-state index contributed by atoms with van der Waals surface area (Å²) in [5.41, 5.74) is -0.624. The third kappa shape index (κ3) is 2.75. The summed E-state index contributed by atoms with van der Waals surface area (Å²) in [4.78, 5) is 14.1. The van der Waals surface area contributed by atoms with Crippen LogP contribution in [0.3, 0.4) is 0 Å². The van der Waals surface area contributed by atoms with Crippen molar-refractivity contribution < 1.29 is 27.8 Å². The van der Waals surface area contributed by atoms with Crippen molar-refractivity contribution in [2.24, 2.45) is 0 Å². The summed E-state index contributed by atoms with van der Waals surface area (Å²) < 4.78 is 39.4. The molecular weight excluding hydrogens is 251 g/mol. The second-order valence-corrected chi connectivity index (χ2v) is 2.90. The van der Waals surface area contributed by atoms with Gasteiger partial charge in [0.15, 0.2) is 17.8 Å². The first-order valence-electron chi connectivity index (χ1n) is 3.86. The number of aromatic hydroxyl groups is 1. The first-order chi connectivity index (χ1) is 7.39. The SMILES string of the molecule is O=Cc1c(CCl)ncc(O)c1OC(F)(F)F. The third-order valence-corrected chi connectivity index (χ3v) is 1.85. The first kappa shape index (κ1) is 12.6. The molecule has 0 atom stereocenters. The molecule has 0 unspecified atom stereocenters. The molecule has 0 radical (unpaired) electrons. The Morgan fingerprint density at radius 1 is 1.56 bits per heavy atom. The molecule has 0 saturated carbocycles. The van der Waals surface area contributed by atoms with Crippen molar-refractivity contribution in [2.45, 2.75) is 12.2 Å². The number of hydrogen-bond acceptors (Lipinski definition) is 4. The predicted molar refractivity (Wildman–Crippen MR) is 47.5 cm³/mol. The fourth-order valence-corrected chi connectivity index (χ4v) is 1.20. The van der Waals surface area contributed by atoms with Gasteiger partial charge in [0.1, 0.15) is 0 Å². The fraction of sp³-hybridized carbons (Fsp3) is 0.250. The van der Waals surface area contributed by atoms with E-state index in [2.05, 4.69) is 9.72 Å². The maximum absolute atomic E-state index is 12.0. The lowest BCUT2D eigenvalue weighted by molar-refractivity contribution is -0.275. The lowest BCUT2D eigenvalue weighted by Crippen LogP contribution is -2.19. The van der Waals surface area contributed by atoms with Crippen molar-refractivity contribution >= 4 is 17.9 Å². The Hall–Kier alpha value is -1.50. The van der Waals surface area contributed by atoms with Crippen LogP contribution in [-0.2, 0) is 5.88 Å². The number of rotatable bonds is 3. The van der Waals surface area contributed by atoms with Gasteiger partial charge in [-0.1, -0.05) is 0 Å². The lowest BCUT2D eigenvalue weighted by Gasteiger charge is -2.13. The molecule has 1 N–H and O–H groups in total. The third-order valence-electron chi connectivity index (χ3n) is 1.59. The van der Waals surface area contributed by atoms with Crippen LogP contribution >= 0.6 is 11.6 Å². The molecule has 0 aliphatic carbocycles. The molecule has 4 nitrogen and oxygen atoms in total. The summed E-state index contributed by atoms with van der Waals surface area (Å²) in [5.74, 6) is -2.15. The van der Waals surface area contributed by atoms with Crippen molar-refractivity contribution in [3.63, 3.8) is 0 Å². The highest BCUT2D eigenvalue weighted by Gasteiger charge is 2.34. The number of carbonyl (C=O) groups excluding carboxylic acids is 1. The predicted octanol–water partition coefficient (Wildman–Crippen LogP) is 2.24. The second kappa shape index (κ2) is 4.56. The van der Waals surface area contributed by atoms with E-state index < -0.39 is 23.4 Å². The normalized spacial score (nSPS) is 11.2. The molecule has 1 rings (SSSR count). The maximum Gasteiger partial charge on any atom is 0.573 e. The van der Waals surface area contributed by atoms with Crippen molar-refractivity contribution in [3.8, 4) is 11.5 Å². The smallest absolute Gasteiger partial charge is 0.503 e. The number of hydrogen-bond donors (Lipinski definition) is 1. The lowest BCUT2D eigenvalue weighted by atomic mass is 10.2. The summed E-state index contributed by atoms with van der Waals surface area (Å²) >= 11 is 5.37. The summed E-state index contributed by atoms with van der Waals surface area (Å²) in [6.07, 6.45) is -4.20. The quantitative estimate of drug-likeness (QED) is 0.665. The minimum Gasteiger partial charge on any atom is -0.503 e. The molecule has 16 heavy (non-hydrogen) atoms. The molecule has 1 heterocycles. The summed E-state index contributed by atoms with van der Waals surface area (Å²) in [6.45, 7) is 0. The number of nitrogens with zero attached hydrogens (tertiary/aromatic N) is 1. The van der Waals surface area contributed by atoms with Crippen LogP contribution in [0, 0.1) is 0 Å². The van der Waals surface area contributed by atoms with E-state index in [1.54, 1.807) is 0 Å². The molecule has 1 aromatic rings. The standard InChI is InChI=1S/C8H5ClF3NO3/c9-1-5-4(3-14)7(6(15)2-13-5)16-8(10,11)12/h2-3,15H,1H2. The molecular formula is C8H5ClF3NO3. The molecule has 0 saturated heterocycles. The van der Waals surface area contributed by atoms with Crippen LogP contribution in [0.15, 0.2) is 6.20 Å². The average molecular weight is 256 g/mol. The van der Waals surface area contributed by atoms with E-state index in [9.17, 15) is 18.0 Å². The summed E-state index contributed by atoms with van der Waals surface area (Å²) in [5, 5.41) is 9.12. The Morgan fingerprint density at radius 2 is 2.19 bits per heavy atom. The van der Waals surface area contributed by atoms with Crippen LogP contribution in [0.1, 0.15) is 16.1 Å². The average Bonchev–Trinajstić information content (AvgIpc) is 2.19. The molecule has 1 aromatic heterocycles. The zero-order valence-electron chi connectivity index (χ0n) is 7.58. The molecule has 0 aliphatic rings. The van der Waals surface area contributed by atoms with E-state index in [1.165, 1.54) is 0 Å². The van der Waals surface area contributed by atoms with Crippen molar-refractivity contribution in [1.29, 1.82) is 0 Å². The Labute approximate surface area is 92.6 Å². The van der Waals surface area contributed by atoms with Gasteiger partial charge >= 0.3 is 6.36 Å². The van der Waals surface area contributed by atoms with Gasteiger partial charge in [-0.15, -0.1) is 24.8 Å². The van der Waals surface area contributed by atoms with E-state index in [-0.39, 0.29) is 17.9 Å². The number of alkyl halides is 4. The van der Waals surface area contributed by atoms with Gasteiger partial charge in [0, 0.05) is 0 Å². The van der Waals surface area contributed by atoms with Gasteiger partial charge < -0.3 is 9.84 Å². The van der Waals surface area contributed by atoms with Crippen molar-refractivity contribution in [1.82, 2.24) is 4.98 Å². The Bertz CT molecular complexity index is 408. The van der Waals surface area contributed by atoms with Gasteiger partial charge in [0.2, 0.25) is 0 Å². The zero-order valence-corrected chi connectivity index (χ0v) is 8.34. The first-order valence-corrected chi connectivity index (χ1v) is 4.40. The van der Waals surface area contributed by atoms with Crippen LogP contribution in [0.5, 0.6) is 11.5 Å². The molecule has 0 aliphatic heterocycles. The van der Waals surface area contributed by atoms with Crippen LogP contribution in [0.2, 0.25) is 0 Å². The van der Waals surface area contributed by atoms with E-state index in [4.69, 9.17) is 16.7 Å². The van der Waals surface area contributed by atoms with E-state index in [0.29, 0.717) is 0 Å². The Morgan fingerprint density at radius 3 is 2.62 bits per heavy atom. The number of pyridine rings is 1. The minimum absolute atomic E-state index is 0.0888. The highest BCUT2D eigenvalue weighted by Crippen LogP contribution is 2.34. The van der Waals surface area contributed by atoms with Crippen LogP contribution < -0.4 is 4.74 Å². The maximum atomic E-state index is 12.0. The van der Waals surface area contributed by atoms with Crippen molar-refractivity contribution in [2.75, 3.05) is 0 Å². The summed E-state index contributed by atoms with van der Waals surface area (Å²) in [7, 11) is 0. The number of aromatic nitrogens is 1. The topological polar surface area (TPSA) is 59.4 Å². The number of halogens is 4. The molecule has 0 spiro atoms. The van der Waals surface area contributed by atoms with E-state index in [1.807, 2.05) is 0 Å². The highest BCUT2D eigenvalue weighted by molar-refractivity contribution is 6.17. The molecule has 0 amide bonds.